The normalized spacial score (nSPS) is 10.7. The first kappa shape index (κ1) is 19.6. The molecular weight excluding hydrogens is 326 g/mol. The number of carbonyl (C=O) groups is 1. The molecule has 26 heavy (non-hydrogen) atoms. The minimum Gasteiger partial charge on any atom is -0.494 e. The Morgan fingerprint density at radius 2 is 1.50 bits per heavy atom. The molecule has 0 saturated heterocycles. The summed E-state index contributed by atoms with van der Waals surface area (Å²) in [5.74, 6) is 1.49. The minimum atomic E-state index is -0.170. The Morgan fingerprint density at radius 3 is 2.12 bits per heavy atom. The van der Waals surface area contributed by atoms with Gasteiger partial charge < -0.3 is 14.8 Å². The van der Waals surface area contributed by atoms with Crippen molar-refractivity contribution < 1.29 is 14.3 Å². The van der Waals surface area contributed by atoms with Gasteiger partial charge >= 0.3 is 0 Å². The van der Waals surface area contributed by atoms with E-state index in [0.29, 0.717) is 13.2 Å². The molecule has 1 amide bonds. The van der Waals surface area contributed by atoms with Crippen LogP contribution in [-0.2, 0) is 4.79 Å². The molecule has 0 heterocycles. The van der Waals surface area contributed by atoms with E-state index in [1.807, 2.05) is 48.5 Å². The molecule has 1 N–H and O–H groups in total. The SMILES string of the molecule is CCCCOc1ccc(NC(=O)C=Cc2ccc(OCCC)cc2)cc1. The zero-order valence-corrected chi connectivity index (χ0v) is 15.5. The van der Waals surface area contributed by atoms with E-state index in [0.717, 1.165) is 42.0 Å². The van der Waals surface area contributed by atoms with Gasteiger partial charge in [-0.15, -0.1) is 0 Å². The first-order chi connectivity index (χ1) is 12.7. The number of rotatable bonds is 10. The van der Waals surface area contributed by atoms with Crippen LogP contribution in [0.2, 0.25) is 0 Å². The van der Waals surface area contributed by atoms with Gasteiger partial charge in [0, 0.05) is 11.8 Å². The molecule has 0 atom stereocenters. The molecule has 2 rings (SSSR count). The molecular formula is C22H27NO3. The Morgan fingerprint density at radius 1 is 0.885 bits per heavy atom. The van der Waals surface area contributed by atoms with Crippen LogP contribution < -0.4 is 14.8 Å². The fourth-order valence-electron chi connectivity index (χ4n) is 2.22. The van der Waals surface area contributed by atoms with Gasteiger partial charge in [-0.05, 0) is 60.9 Å². The number of hydrogen-bond donors (Lipinski definition) is 1. The highest BCUT2D eigenvalue weighted by Crippen LogP contribution is 2.17. The summed E-state index contributed by atoms with van der Waals surface area (Å²) in [6.45, 7) is 5.63. The van der Waals surface area contributed by atoms with Gasteiger partial charge in [0.05, 0.1) is 13.2 Å². The number of anilines is 1. The first-order valence-electron chi connectivity index (χ1n) is 9.16. The lowest BCUT2D eigenvalue weighted by Gasteiger charge is -2.07. The zero-order chi connectivity index (χ0) is 18.6. The molecule has 0 fully saturated rings. The van der Waals surface area contributed by atoms with Crippen LogP contribution >= 0.6 is 0 Å². The molecule has 0 bridgehead atoms. The number of unbranched alkanes of at least 4 members (excludes halogenated alkanes) is 1. The predicted octanol–water partition coefficient (Wildman–Crippen LogP) is 5.31. The lowest BCUT2D eigenvalue weighted by Crippen LogP contribution is -2.07. The van der Waals surface area contributed by atoms with E-state index in [1.165, 1.54) is 6.08 Å². The van der Waals surface area contributed by atoms with Gasteiger partial charge in [0.15, 0.2) is 0 Å². The van der Waals surface area contributed by atoms with E-state index in [1.54, 1.807) is 6.08 Å². The highest BCUT2D eigenvalue weighted by atomic mass is 16.5. The summed E-state index contributed by atoms with van der Waals surface area (Å²) < 4.78 is 11.2. The van der Waals surface area contributed by atoms with Gasteiger partial charge in [-0.3, -0.25) is 4.79 Å². The monoisotopic (exact) mass is 353 g/mol. The zero-order valence-electron chi connectivity index (χ0n) is 15.5. The molecule has 0 unspecified atom stereocenters. The molecule has 2 aromatic rings. The third-order valence-corrected chi connectivity index (χ3v) is 3.67. The van der Waals surface area contributed by atoms with Crippen LogP contribution in [0.1, 0.15) is 38.7 Å². The van der Waals surface area contributed by atoms with Gasteiger partial charge in [0.1, 0.15) is 11.5 Å². The molecule has 4 heteroatoms. The molecule has 0 spiro atoms. The van der Waals surface area contributed by atoms with Crippen molar-refractivity contribution in [2.75, 3.05) is 18.5 Å². The smallest absolute Gasteiger partial charge is 0.248 e. The summed E-state index contributed by atoms with van der Waals surface area (Å²) in [7, 11) is 0. The number of ether oxygens (including phenoxy) is 2. The minimum absolute atomic E-state index is 0.170. The Balaban J connectivity index is 1.82. The van der Waals surface area contributed by atoms with Crippen LogP contribution in [0.5, 0.6) is 11.5 Å². The Hall–Kier alpha value is -2.75. The van der Waals surface area contributed by atoms with Crippen molar-refractivity contribution in [2.24, 2.45) is 0 Å². The van der Waals surface area contributed by atoms with Gasteiger partial charge in [-0.2, -0.15) is 0 Å². The molecule has 138 valence electrons. The Labute approximate surface area is 155 Å². The highest BCUT2D eigenvalue weighted by molar-refractivity contribution is 6.01. The third-order valence-electron chi connectivity index (χ3n) is 3.67. The van der Waals surface area contributed by atoms with Gasteiger partial charge in [0.25, 0.3) is 0 Å². The molecule has 0 radical (unpaired) electrons. The Bertz CT molecular complexity index is 690. The maximum absolute atomic E-state index is 12.0. The number of hydrogen-bond acceptors (Lipinski definition) is 3. The van der Waals surface area contributed by atoms with Crippen LogP contribution in [0.3, 0.4) is 0 Å². The lowest BCUT2D eigenvalue weighted by atomic mass is 10.2. The number of amides is 1. The summed E-state index contributed by atoms with van der Waals surface area (Å²) in [4.78, 5) is 12.0. The standard InChI is InChI=1S/C22H27NO3/c1-3-5-17-26-21-13-9-19(10-14-21)23-22(24)15-8-18-6-11-20(12-7-18)25-16-4-2/h6-15H,3-5,16-17H2,1-2H3,(H,23,24). The Kier molecular flexibility index (Phi) is 8.27. The van der Waals surface area contributed by atoms with Crippen molar-refractivity contribution in [3.63, 3.8) is 0 Å². The van der Waals surface area contributed by atoms with E-state index < -0.39 is 0 Å². The fraction of sp³-hybridized carbons (Fsp3) is 0.318. The fourth-order valence-corrected chi connectivity index (χ4v) is 2.22. The molecule has 2 aromatic carbocycles. The second-order valence-corrected chi connectivity index (χ2v) is 5.97. The van der Waals surface area contributed by atoms with Crippen molar-refractivity contribution in [3.05, 3.63) is 60.2 Å². The van der Waals surface area contributed by atoms with Crippen LogP contribution in [0.25, 0.3) is 6.08 Å². The molecule has 0 saturated carbocycles. The first-order valence-corrected chi connectivity index (χ1v) is 9.16. The van der Waals surface area contributed by atoms with Crippen LogP contribution in [0, 0.1) is 0 Å². The van der Waals surface area contributed by atoms with E-state index in [2.05, 4.69) is 19.2 Å². The number of nitrogens with one attached hydrogen (secondary N) is 1. The summed E-state index contributed by atoms with van der Waals surface area (Å²) in [5.41, 5.74) is 1.69. The summed E-state index contributed by atoms with van der Waals surface area (Å²) >= 11 is 0. The van der Waals surface area contributed by atoms with E-state index >= 15 is 0 Å². The quantitative estimate of drug-likeness (QED) is 0.465. The summed E-state index contributed by atoms with van der Waals surface area (Å²) in [6.07, 6.45) is 6.42. The number of benzene rings is 2. The van der Waals surface area contributed by atoms with Crippen molar-refractivity contribution in [3.8, 4) is 11.5 Å². The third kappa shape index (κ3) is 7.01. The number of carbonyl (C=O) groups excluding carboxylic acids is 1. The lowest BCUT2D eigenvalue weighted by molar-refractivity contribution is -0.111. The van der Waals surface area contributed by atoms with E-state index in [9.17, 15) is 4.79 Å². The van der Waals surface area contributed by atoms with Crippen LogP contribution in [0.15, 0.2) is 54.6 Å². The van der Waals surface area contributed by atoms with Crippen LogP contribution in [-0.4, -0.2) is 19.1 Å². The molecule has 0 aliphatic rings. The maximum Gasteiger partial charge on any atom is 0.248 e. The molecule has 0 aliphatic carbocycles. The average molecular weight is 353 g/mol. The van der Waals surface area contributed by atoms with Crippen molar-refractivity contribution >= 4 is 17.7 Å². The van der Waals surface area contributed by atoms with Crippen molar-refractivity contribution in [1.29, 1.82) is 0 Å². The largest absolute Gasteiger partial charge is 0.494 e. The average Bonchev–Trinajstić information content (AvgIpc) is 2.67. The van der Waals surface area contributed by atoms with Gasteiger partial charge in [-0.1, -0.05) is 32.4 Å². The topological polar surface area (TPSA) is 47.6 Å². The molecule has 0 aromatic heterocycles. The predicted molar refractivity (Wildman–Crippen MR) is 107 cm³/mol. The van der Waals surface area contributed by atoms with E-state index in [-0.39, 0.29) is 5.91 Å². The molecule has 4 nitrogen and oxygen atoms in total. The van der Waals surface area contributed by atoms with Crippen LogP contribution in [0.4, 0.5) is 5.69 Å². The van der Waals surface area contributed by atoms with Gasteiger partial charge in [0.2, 0.25) is 5.91 Å². The van der Waals surface area contributed by atoms with E-state index in [4.69, 9.17) is 9.47 Å². The second kappa shape index (κ2) is 11.0. The summed E-state index contributed by atoms with van der Waals surface area (Å²) in [6, 6.07) is 15.1. The maximum atomic E-state index is 12.0. The second-order valence-electron chi connectivity index (χ2n) is 5.97. The highest BCUT2D eigenvalue weighted by Gasteiger charge is 2.00. The van der Waals surface area contributed by atoms with Gasteiger partial charge in [-0.25, -0.2) is 0 Å². The van der Waals surface area contributed by atoms with Crippen molar-refractivity contribution in [2.45, 2.75) is 33.1 Å². The van der Waals surface area contributed by atoms with Crippen molar-refractivity contribution in [1.82, 2.24) is 0 Å². The molecule has 0 aliphatic heterocycles. The summed E-state index contributed by atoms with van der Waals surface area (Å²) in [5, 5.41) is 2.84.